The molecule has 1 heterocycles. The molecule has 0 unspecified atom stereocenters. The summed E-state index contributed by atoms with van der Waals surface area (Å²) in [6.07, 6.45) is 0. The van der Waals surface area contributed by atoms with Crippen molar-refractivity contribution in [2.24, 2.45) is 0 Å². The van der Waals surface area contributed by atoms with Crippen molar-refractivity contribution in [3.63, 3.8) is 0 Å². The number of halogens is 1. The quantitative estimate of drug-likeness (QED) is 0.560. The molecule has 0 N–H and O–H groups in total. The van der Waals surface area contributed by atoms with E-state index in [-0.39, 0.29) is 10.1 Å². The molecule has 0 aromatic carbocycles. The first-order valence-corrected chi connectivity index (χ1v) is 3.01. The lowest BCUT2D eigenvalue weighted by Gasteiger charge is -1.90. The van der Waals surface area contributed by atoms with Crippen molar-refractivity contribution in [3.8, 4) is 0 Å². The van der Waals surface area contributed by atoms with Gasteiger partial charge in [-0.3, -0.25) is 0 Å². The summed E-state index contributed by atoms with van der Waals surface area (Å²) >= 11 is 7.42. The molecule has 0 fully saturated rings. The number of aromatic nitrogens is 2. The molecule has 1 aromatic rings. The van der Waals surface area contributed by atoms with Crippen LogP contribution in [-0.2, 0) is 0 Å². The average Bonchev–Trinajstić information content (AvgIpc) is 1.80. The van der Waals surface area contributed by atoms with E-state index in [2.05, 4.69) is 35.5 Å². The third-order valence-corrected chi connectivity index (χ3v) is 1.24. The topological polar surface area (TPSA) is 25.8 Å². The van der Waals surface area contributed by atoms with Crippen molar-refractivity contribution in [2.45, 2.75) is 10.1 Å². The minimum Gasteiger partial charge on any atom is -0.204 e. The van der Waals surface area contributed by atoms with Gasteiger partial charge in [-0.1, -0.05) is 0 Å². The Morgan fingerprint density at radius 3 is 2.44 bits per heavy atom. The first kappa shape index (κ1) is 6.82. The maximum absolute atomic E-state index is 12.4. The van der Waals surface area contributed by atoms with E-state index in [9.17, 15) is 4.39 Å². The maximum Gasteiger partial charge on any atom is 0.159 e. The first-order valence-electron chi connectivity index (χ1n) is 2.11. The Hall–Kier alpha value is -0.290. The lowest BCUT2D eigenvalue weighted by molar-refractivity contribution is 0.567. The van der Waals surface area contributed by atoms with Crippen LogP contribution < -0.4 is 0 Å². The van der Waals surface area contributed by atoms with Crippen molar-refractivity contribution in [1.29, 1.82) is 0 Å². The molecule has 0 saturated heterocycles. The maximum atomic E-state index is 12.4. The Morgan fingerprint density at radius 1 is 1.33 bits per heavy atom. The van der Waals surface area contributed by atoms with Crippen molar-refractivity contribution < 1.29 is 4.39 Å². The van der Waals surface area contributed by atoms with E-state index in [4.69, 9.17) is 0 Å². The molecule has 0 atom stereocenters. The summed E-state index contributed by atoms with van der Waals surface area (Å²) in [7, 11) is 0. The predicted octanol–water partition coefficient (Wildman–Crippen LogP) is 1.19. The van der Waals surface area contributed by atoms with E-state index >= 15 is 0 Å². The first-order chi connectivity index (χ1) is 4.20. The fourth-order valence-corrected chi connectivity index (χ4v) is 0.620. The highest BCUT2D eigenvalue weighted by Crippen LogP contribution is 2.09. The largest absolute Gasteiger partial charge is 0.204 e. The highest BCUT2D eigenvalue weighted by atomic mass is 32.1. The molecule has 1 aromatic heterocycles. The van der Waals surface area contributed by atoms with Gasteiger partial charge in [0.2, 0.25) is 0 Å². The van der Waals surface area contributed by atoms with Crippen LogP contribution in [0.5, 0.6) is 0 Å². The normalized spacial score (nSPS) is 9.67. The molecule has 0 radical (unpaired) electrons. The van der Waals surface area contributed by atoms with Gasteiger partial charge in [0.15, 0.2) is 10.8 Å². The zero-order chi connectivity index (χ0) is 6.85. The summed E-state index contributed by atoms with van der Waals surface area (Å²) in [5, 5.41) is 7.03. The fourth-order valence-electron chi connectivity index (χ4n) is 0.353. The predicted molar refractivity (Wildman–Crippen MR) is 36.5 cm³/mol. The van der Waals surface area contributed by atoms with Crippen LogP contribution in [0.4, 0.5) is 4.39 Å². The monoisotopic (exact) mass is 162 g/mol. The molecular formula is C4H3FN2S2. The Labute approximate surface area is 62.3 Å². The SMILES string of the molecule is Fc1cc(S)nnc1S. The number of nitrogens with zero attached hydrogens (tertiary/aromatic N) is 2. The molecule has 0 bridgehead atoms. The van der Waals surface area contributed by atoms with Crippen molar-refractivity contribution in [3.05, 3.63) is 11.9 Å². The molecule has 0 aliphatic heterocycles. The van der Waals surface area contributed by atoms with Gasteiger partial charge >= 0.3 is 0 Å². The highest BCUT2D eigenvalue weighted by Gasteiger charge is 1.98. The summed E-state index contributed by atoms with van der Waals surface area (Å²) in [6, 6.07) is 1.15. The molecule has 2 nitrogen and oxygen atoms in total. The summed E-state index contributed by atoms with van der Waals surface area (Å²) in [4.78, 5) is 0. The second-order valence-corrected chi connectivity index (χ2v) is 2.26. The summed E-state index contributed by atoms with van der Waals surface area (Å²) < 4.78 is 12.4. The summed E-state index contributed by atoms with van der Waals surface area (Å²) in [5.41, 5.74) is 0. The van der Waals surface area contributed by atoms with Gasteiger partial charge in [-0.15, -0.1) is 35.5 Å². The van der Waals surface area contributed by atoms with Crippen LogP contribution in [0.2, 0.25) is 0 Å². The summed E-state index contributed by atoms with van der Waals surface area (Å²) in [5.74, 6) is -0.502. The Kier molecular flexibility index (Phi) is 1.92. The smallest absolute Gasteiger partial charge is 0.159 e. The van der Waals surface area contributed by atoms with Gasteiger partial charge in [-0.2, -0.15) is 0 Å². The minimum absolute atomic E-state index is 0.00667. The molecule has 5 heteroatoms. The second kappa shape index (κ2) is 2.53. The number of hydrogen-bond acceptors (Lipinski definition) is 4. The Morgan fingerprint density at radius 2 is 2.00 bits per heavy atom. The molecule has 48 valence electrons. The van der Waals surface area contributed by atoms with Gasteiger partial charge in [0.1, 0.15) is 5.03 Å². The van der Waals surface area contributed by atoms with Crippen LogP contribution >= 0.6 is 25.3 Å². The lowest BCUT2D eigenvalue weighted by Crippen LogP contribution is -1.87. The Bertz CT molecular complexity index is 228. The van der Waals surface area contributed by atoms with Crippen LogP contribution in [-0.4, -0.2) is 10.2 Å². The van der Waals surface area contributed by atoms with Crippen LogP contribution in [0.25, 0.3) is 0 Å². The van der Waals surface area contributed by atoms with Gasteiger partial charge in [-0.25, -0.2) is 4.39 Å². The number of thiol groups is 2. The van der Waals surface area contributed by atoms with Crippen LogP contribution in [0.1, 0.15) is 0 Å². The number of hydrogen-bond donors (Lipinski definition) is 2. The highest BCUT2D eigenvalue weighted by molar-refractivity contribution is 7.80. The van der Waals surface area contributed by atoms with Gasteiger partial charge in [0.05, 0.1) is 0 Å². The van der Waals surface area contributed by atoms with Crippen molar-refractivity contribution >= 4 is 25.3 Å². The Balaban J connectivity index is 3.17. The van der Waals surface area contributed by atoms with E-state index in [1.54, 1.807) is 0 Å². The van der Waals surface area contributed by atoms with Gasteiger partial charge in [-0.05, 0) is 0 Å². The van der Waals surface area contributed by atoms with Gasteiger partial charge < -0.3 is 0 Å². The van der Waals surface area contributed by atoms with Gasteiger partial charge in [0.25, 0.3) is 0 Å². The standard InChI is InChI=1S/C4H3FN2S2/c5-2-1-3(8)6-7-4(2)9/h1H,(H,6,8)(H,7,9). The fraction of sp³-hybridized carbons (Fsp3) is 0. The van der Waals surface area contributed by atoms with Crippen molar-refractivity contribution in [1.82, 2.24) is 10.2 Å². The summed E-state index contributed by atoms with van der Waals surface area (Å²) in [6.45, 7) is 0. The van der Waals surface area contributed by atoms with Crippen LogP contribution in [0.15, 0.2) is 16.1 Å². The molecule has 0 amide bonds. The third kappa shape index (κ3) is 1.56. The van der Waals surface area contributed by atoms with E-state index in [0.29, 0.717) is 0 Å². The van der Waals surface area contributed by atoms with Crippen LogP contribution in [0.3, 0.4) is 0 Å². The van der Waals surface area contributed by atoms with Crippen LogP contribution in [0, 0.1) is 5.82 Å². The third-order valence-electron chi connectivity index (χ3n) is 0.717. The van der Waals surface area contributed by atoms with E-state index in [0.717, 1.165) is 6.07 Å². The molecule has 0 aliphatic carbocycles. The number of rotatable bonds is 0. The van der Waals surface area contributed by atoms with E-state index in [1.165, 1.54) is 0 Å². The average molecular weight is 162 g/mol. The molecule has 0 saturated carbocycles. The molecule has 9 heavy (non-hydrogen) atoms. The zero-order valence-electron chi connectivity index (χ0n) is 4.24. The zero-order valence-corrected chi connectivity index (χ0v) is 6.03. The van der Waals surface area contributed by atoms with Gasteiger partial charge in [0, 0.05) is 6.07 Å². The minimum atomic E-state index is -0.502. The molecule has 0 spiro atoms. The second-order valence-electron chi connectivity index (χ2n) is 1.37. The molecular weight excluding hydrogens is 159 g/mol. The molecule has 0 aliphatic rings. The molecule has 1 rings (SSSR count). The lowest BCUT2D eigenvalue weighted by atomic mass is 10.6. The van der Waals surface area contributed by atoms with E-state index < -0.39 is 5.82 Å². The van der Waals surface area contributed by atoms with Crippen molar-refractivity contribution in [2.75, 3.05) is 0 Å². The van der Waals surface area contributed by atoms with E-state index in [1.807, 2.05) is 0 Å².